The van der Waals surface area contributed by atoms with Crippen LogP contribution in [0.1, 0.15) is 44.1 Å². The Kier molecular flexibility index (Phi) is 8.89. The second-order valence-corrected chi connectivity index (χ2v) is 4.99. The van der Waals surface area contributed by atoms with E-state index in [2.05, 4.69) is 38.1 Å². The Labute approximate surface area is 134 Å². The van der Waals surface area contributed by atoms with Crippen LogP contribution in [-0.2, 0) is 4.74 Å². The van der Waals surface area contributed by atoms with E-state index in [1.165, 1.54) is 11.1 Å². The van der Waals surface area contributed by atoms with E-state index in [0.29, 0.717) is 0 Å². The Morgan fingerprint density at radius 1 is 0.864 bits per heavy atom. The molecular formula is C20H26O2. The monoisotopic (exact) mass is 298 g/mol. The second kappa shape index (κ2) is 10.8. The van der Waals surface area contributed by atoms with Gasteiger partial charge in [-0.1, -0.05) is 72.8 Å². The molecule has 1 N–H and O–H groups in total. The van der Waals surface area contributed by atoms with Gasteiger partial charge in [-0.2, -0.15) is 0 Å². The molecule has 0 bridgehead atoms. The Hall–Kier alpha value is -1.90. The molecule has 118 valence electrons. The maximum Gasteiger partial charge on any atom is 0.0805 e. The highest BCUT2D eigenvalue weighted by Crippen LogP contribution is 2.25. The van der Waals surface area contributed by atoms with Gasteiger partial charge in [0.05, 0.1) is 18.8 Å². The first kappa shape index (κ1) is 18.1. The van der Waals surface area contributed by atoms with E-state index in [4.69, 9.17) is 9.84 Å². The van der Waals surface area contributed by atoms with Gasteiger partial charge in [0.25, 0.3) is 0 Å². The Balaban J connectivity index is 0.000000422. The molecule has 0 aliphatic heterocycles. The van der Waals surface area contributed by atoms with Gasteiger partial charge in [0.1, 0.15) is 0 Å². The Morgan fingerprint density at radius 3 is 1.55 bits per heavy atom. The van der Waals surface area contributed by atoms with Crippen molar-refractivity contribution in [2.24, 2.45) is 0 Å². The summed E-state index contributed by atoms with van der Waals surface area (Å²) in [6.07, 6.45) is 3.72. The minimum absolute atomic E-state index is 0.117. The predicted octanol–water partition coefficient (Wildman–Crippen LogP) is 5.08. The van der Waals surface area contributed by atoms with Gasteiger partial charge in [-0.05, 0) is 31.9 Å². The minimum Gasteiger partial charge on any atom is -0.392 e. The van der Waals surface area contributed by atoms with Crippen LogP contribution in [0.25, 0.3) is 0 Å². The van der Waals surface area contributed by atoms with Crippen LogP contribution in [0.2, 0.25) is 0 Å². The van der Waals surface area contributed by atoms with Gasteiger partial charge in [0.15, 0.2) is 0 Å². The van der Waals surface area contributed by atoms with Gasteiger partial charge < -0.3 is 9.84 Å². The average molecular weight is 298 g/mol. The lowest BCUT2D eigenvalue weighted by Gasteiger charge is -2.19. The van der Waals surface area contributed by atoms with Crippen molar-refractivity contribution in [1.82, 2.24) is 0 Å². The van der Waals surface area contributed by atoms with Crippen LogP contribution in [0.3, 0.4) is 0 Å². The van der Waals surface area contributed by atoms with Gasteiger partial charge in [0.2, 0.25) is 0 Å². The molecule has 0 amide bonds. The number of benzene rings is 2. The van der Waals surface area contributed by atoms with Crippen molar-refractivity contribution in [3.05, 3.63) is 83.9 Å². The van der Waals surface area contributed by atoms with Gasteiger partial charge in [-0.25, -0.2) is 0 Å². The summed E-state index contributed by atoms with van der Waals surface area (Å²) in [5.41, 5.74) is 2.44. The largest absolute Gasteiger partial charge is 0.392 e. The van der Waals surface area contributed by atoms with E-state index < -0.39 is 0 Å². The summed E-state index contributed by atoms with van der Waals surface area (Å²) in [5, 5.41) is 7.98. The fourth-order valence-electron chi connectivity index (χ4n) is 2.02. The highest BCUT2D eigenvalue weighted by molar-refractivity contribution is 5.19. The quantitative estimate of drug-likeness (QED) is 0.780. The lowest BCUT2D eigenvalue weighted by molar-refractivity contribution is 0.00586. The molecule has 2 heteroatoms. The zero-order chi connectivity index (χ0) is 16.2. The van der Waals surface area contributed by atoms with Crippen molar-refractivity contribution in [1.29, 1.82) is 0 Å². The smallest absolute Gasteiger partial charge is 0.0805 e. The van der Waals surface area contributed by atoms with Crippen LogP contribution in [0.5, 0.6) is 0 Å². The third-order valence-electron chi connectivity index (χ3n) is 3.29. The highest BCUT2D eigenvalue weighted by atomic mass is 16.5. The molecule has 2 rings (SSSR count). The molecule has 0 aliphatic carbocycles. The van der Waals surface area contributed by atoms with Crippen LogP contribution in [0.15, 0.2) is 72.8 Å². The van der Waals surface area contributed by atoms with Crippen LogP contribution in [0, 0.1) is 0 Å². The molecule has 0 spiro atoms. The number of hydrogen-bond donors (Lipinski definition) is 1. The zero-order valence-electron chi connectivity index (χ0n) is 13.6. The molecule has 22 heavy (non-hydrogen) atoms. The molecule has 0 heterocycles. The van der Waals surface area contributed by atoms with Gasteiger partial charge in [-0.3, -0.25) is 0 Å². The normalized spacial score (nSPS) is 13.3. The molecule has 2 aromatic rings. The van der Waals surface area contributed by atoms with Gasteiger partial charge >= 0.3 is 0 Å². The number of ether oxygens (including phenoxy) is 1. The topological polar surface area (TPSA) is 29.5 Å². The van der Waals surface area contributed by atoms with Gasteiger partial charge in [0, 0.05) is 0 Å². The number of allylic oxidation sites excluding steroid dienone is 1. The molecule has 0 aromatic heterocycles. The van der Waals surface area contributed by atoms with E-state index in [9.17, 15) is 0 Å². The fourth-order valence-corrected chi connectivity index (χ4v) is 2.02. The summed E-state index contributed by atoms with van der Waals surface area (Å²) in [6.45, 7) is 6.22. The molecule has 2 atom stereocenters. The molecular weight excluding hydrogens is 272 g/mol. The second-order valence-electron chi connectivity index (χ2n) is 4.99. The summed E-state index contributed by atoms with van der Waals surface area (Å²) in [6, 6.07) is 20.6. The van der Waals surface area contributed by atoms with Gasteiger partial charge in [-0.15, -0.1) is 0 Å². The lowest BCUT2D eigenvalue weighted by atomic mass is 10.1. The van der Waals surface area contributed by atoms with Crippen molar-refractivity contribution in [3.63, 3.8) is 0 Å². The Bertz CT molecular complexity index is 476. The molecule has 0 saturated heterocycles. The van der Waals surface area contributed by atoms with E-state index in [1.807, 2.05) is 43.3 Å². The molecule has 2 nitrogen and oxygen atoms in total. The van der Waals surface area contributed by atoms with Crippen LogP contribution in [0.4, 0.5) is 0 Å². The molecule has 0 radical (unpaired) electrons. The Morgan fingerprint density at radius 2 is 1.27 bits per heavy atom. The summed E-state index contributed by atoms with van der Waals surface area (Å²) >= 11 is 0. The van der Waals surface area contributed by atoms with Crippen molar-refractivity contribution < 1.29 is 9.84 Å². The molecule has 2 unspecified atom stereocenters. The molecule has 0 aliphatic rings. The first-order valence-electron chi connectivity index (χ1n) is 7.66. The van der Waals surface area contributed by atoms with Crippen molar-refractivity contribution >= 4 is 0 Å². The van der Waals surface area contributed by atoms with E-state index >= 15 is 0 Å². The van der Waals surface area contributed by atoms with Crippen molar-refractivity contribution in [2.45, 2.75) is 33.0 Å². The van der Waals surface area contributed by atoms with Crippen LogP contribution >= 0.6 is 0 Å². The predicted molar refractivity (Wildman–Crippen MR) is 92.7 cm³/mol. The number of rotatable bonds is 5. The fraction of sp³-hybridized carbons (Fsp3) is 0.300. The maximum atomic E-state index is 7.98. The third kappa shape index (κ3) is 6.70. The standard InChI is InChI=1S/C16H18O.C4H8O/c1-13(15-9-5-3-6-10-15)17-14(2)16-11-7-4-8-12-16;1-2-3-4-5/h3-14H,1-2H3;2-3,5H,4H2,1H3. The summed E-state index contributed by atoms with van der Waals surface area (Å²) in [4.78, 5) is 0. The SMILES string of the molecule is CC(OC(C)c1ccccc1)c1ccccc1.CC=CCO. The highest BCUT2D eigenvalue weighted by Gasteiger charge is 2.11. The minimum atomic E-state index is 0.117. The maximum absolute atomic E-state index is 7.98. The van der Waals surface area contributed by atoms with Crippen LogP contribution < -0.4 is 0 Å². The van der Waals surface area contributed by atoms with Crippen molar-refractivity contribution in [2.75, 3.05) is 6.61 Å². The number of aliphatic hydroxyl groups is 1. The summed E-state index contributed by atoms with van der Waals surface area (Å²) in [5.74, 6) is 0. The first-order valence-corrected chi connectivity index (χ1v) is 7.66. The average Bonchev–Trinajstić information content (AvgIpc) is 2.57. The summed E-state index contributed by atoms with van der Waals surface area (Å²) in [7, 11) is 0. The molecule has 0 saturated carbocycles. The molecule has 2 aromatic carbocycles. The first-order chi connectivity index (χ1) is 10.7. The number of hydrogen-bond acceptors (Lipinski definition) is 2. The van der Waals surface area contributed by atoms with E-state index in [0.717, 1.165) is 0 Å². The zero-order valence-corrected chi connectivity index (χ0v) is 13.6. The van der Waals surface area contributed by atoms with Crippen LogP contribution in [-0.4, -0.2) is 11.7 Å². The van der Waals surface area contributed by atoms with Crippen molar-refractivity contribution in [3.8, 4) is 0 Å². The lowest BCUT2D eigenvalue weighted by Crippen LogP contribution is -2.04. The van der Waals surface area contributed by atoms with E-state index in [1.54, 1.807) is 12.2 Å². The molecule has 0 fully saturated rings. The third-order valence-corrected chi connectivity index (χ3v) is 3.29. The summed E-state index contributed by atoms with van der Waals surface area (Å²) < 4.78 is 6.02. The number of aliphatic hydroxyl groups excluding tert-OH is 1. The van der Waals surface area contributed by atoms with E-state index in [-0.39, 0.29) is 18.8 Å².